The first kappa shape index (κ1) is 16.0. The average Bonchev–Trinajstić information content (AvgIpc) is 2.82. The van der Waals surface area contributed by atoms with E-state index in [1.54, 1.807) is 0 Å². The van der Waals surface area contributed by atoms with Crippen LogP contribution in [0.25, 0.3) is 0 Å². The molecule has 4 heteroatoms. The van der Waals surface area contributed by atoms with E-state index in [4.69, 9.17) is 10.5 Å². The molecule has 4 nitrogen and oxygen atoms in total. The third kappa shape index (κ3) is 5.14. The Balaban J connectivity index is 1.86. The zero-order valence-electron chi connectivity index (χ0n) is 13.0. The molecule has 0 bridgehead atoms. The second-order valence-electron chi connectivity index (χ2n) is 6.17. The zero-order chi connectivity index (χ0) is 15.2. The molecule has 0 aliphatic heterocycles. The number of benzene rings is 1. The van der Waals surface area contributed by atoms with Gasteiger partial charge in [0.15, 0.2) is 0 Å². The molecule has 0 radical (unpaired) electrons. The van der Waals surface area contributed by atoms with Crippen molar-refractivity contribution in [3.05, 3.63) is 29.8 Å². The van der Waals surface area contributed by atoms with E-state index in [-0.39, 0.29) is 18.1 Å². The van der Waals surface area contributed by atoms with Crippen molar-refractivity contribution in [2.45, 2.75) is 58.3 Å². The normalized spacial score (nSPS) is 21.7. The molecule has 1 aliphatic carbocycles. The maximum absolute atomic E-state index is 12.1. The summed E-state index contributed by atoms with van der Waals surface area (Å²) in [5.41, 5.74) is 7.91. The van der Waals surface area contributed by atoms with Crippen LogP contribution in [0, 0.1) is 5.92 Å². The number of amides is 1. The molecule has 1 saturated carbocycles. The van der Waals surface area contributed by atoms with Gasteiger partial charge in [0.1, 0.15) is 0 Å². The topological polar surface area (TPSA) is 64.3 Å². The molecule has 116 valence electrons. The Morgan fingerprint density at radius 2 is 2.24 bits per heavy atom. The molecule has 3 N–H and O–H groups in total. The van der Waals surface area contributed by atoms with Gasteiger partial charge in [-0.05, 0) is 50.3 Å². The van der Waals surface area contributed by atoms with Crippen LogP contribution < -0.4 is 11.1 Å². The minimum absolute atomic E-state index is 0.0549. The third-order valence-corrected chi connectivity index (χ3v) is 3.96. The van der Waals surface area contributed by atoms with Crippen LogP contribution in [0.15, 0.2) is 24.3 Å². The van der Waals surface area contributed by atoms with E-state index in [0.29, 0.717) is 18.9 Å². The van der Waals surface area contributed by atoms with Gasteiger partial charge in [0, 0.05) is 18.2 Å². The zero-order valence-corrected chi connectivity index (χ0v) is 13.0. The van der Waals surface area contributed by atoms with Crippen molar-refractivity contribution in [3.63, 3.8) is 0 Å². The largest absolute Gasteiger partial charge is 0.374 e. The van der Waals surface area contributed by atoms with Gasteiger partial charge in [-0.1, -0.05) is 18.6 Å². The summed E-state index contributed by atoms with van der Waals surface area (Å²) in [5, 5.41) is 2.97. The second-order valence-corrected chi connectivity index (χ2v) is 6.17. The summed E-state index contributed by atoms with van der Waals surface area (Å²) < 4.78 is 5.58. The lowest BCUT2D eigenvalue weighted by atomic mass is 10.00. The number of anilines is 1. The van der Waals surface area contributed by atoms with Gasteiger partial charge in [0.2, 0.25) is 5.91 Å². The van der Waals surface area contributed by atoms with Gasteiger partial charge in [-0.15, -0.1) is 0 Å². The molecule has 21 heavy (non-hydrogen) atoms. The van der Waals surface area contributed by atoms with Crippen LogP contribution in [-0.4, -0.2) is 18.1 Å². The van der Waals surface area contributed by atoms with Crippen molar-refractivity contribution in [2.75, 3.05) is 5.32 Å². The molecule has 1 amide bonds. The smallest absolute Gasteiger partial charge is 0.224 e. The molecule has 2 atom stereocenters. The molecular weight excluding hydrogens is 264 g/mol. The van der Waals surface area contributed by atoms with Gasteiger partial charge in [0.05, 0.1) is 12.7 Å². The summed E-state index contributed by atoms with van der Waals surface area (Å²) in [6.45, 7) is 4.59. The molecule has 0 spiro atoms. The van der Waals surface area contributed by atoms with E-state index in [9.17, 15) is 4.79 Å². The Kier molecular flexibility index (Phi) is 5.76. The van der Waals surface area contributed by atoms with Gasteiger partial charge in [0.25, 0.3) is 0 Å². The molecule has 0 heterocycles. The van der Waals surface area contributed by atoms with E-state index in [0.717, 1.165) is 30.5 Å². The maximum atomic E-state index is 12.1. The van der Waals surface area contributed by atoms with E-state index in [1.165, 1.54) is 0 Å². The van der Waals surface area contributed by atoms with Crippen molar-refractivity contribution < 1.29 is 9.53 Å². The summed E-state index contributed by atoms with van der Waals surface area (Å²) >= 11 is 0. The van der Waals surface area contributed by atoms with Crippen molar-refractivity contribution in [3.8, 4) is 0 Å². The summed E-state index contributed by atoms with van der Waals surface area (Å²) in [6, 6.07) is 8.00. The molecule has 1 aliphatic rings. The number of carbonyl (C=O) groups excluding carboxylic acids is 1. The van der Waals surface area contributed by atoms with Gasteiger partial charge in [-0.25, -0.2) is 0 Å². The van der Waals surface area contributed by atoms with E-state index < -0.39 is 0 Å². The summed E-state index contributed by atoms with van der Waals surface area (Å²) in [7, 11) is 0. The summed E-state index contributed by atoms with van der Waals surface area (Å²) in [4.78, 5) is 12.1. The number of hydrogen-bond acceptors (Lipinski definition) is 3. The van der Waals surface area contributed by atoms with Crippen molar-refractivity contribution >= 4 is 11.6 Å². The number of carbonyl (C=O) groups is 1. The lowest BCUT2D eigenvalue weighted by Crippen LogP contribution is -2.28. The highest BCUT2D eigenvalue weighted by Crippen LogP contribution is 2.27. The highest BCUT2D eigenvalue weighted by Gasteiger charge is 2.25. The molecule has 0 saturated heterocycles. The Morgan fingerprint density at radius 1 is 1.43 bits per heavy atom. The first-order chi connectivity index (χ1) is 10.0. The maximum Gasteiger partial charge on any atom is 0.224 e. The summed E-state index contributed by atoms with van der Waals surface area (Å²) in [6.07, 6.45) is 3.97. The fraction of sp³-hybridized carbons (Fsp3) is 0.588. The molecule has 2 rings (SSSR count). The Bertz CT molecular complexity index is 474. The lowest BCUT2D eigenvalue weighted by Gasteiger charge is -2.15. The van der Waals surface area contributed by atoms with Crippen LogP contribution in [-0.2, 0) is 16.1 Å². The molecule has 0 unspecified atom stereocenters. The Hall–Kier alpha value is -1.39. The molecule has 0 aromatic heterocycles. The number of nitrogens with one attached hydrogen (secondary N) is 1. The standard InChI is InChI=1S/C17H26N2O2/c1-12(2)21-11-13-5-3-7-15(9-13)19-17(20)10-14-6-4-8-16(14)18/h3,5,7,9,12,14,16H,4,6,8,10-11,18H2,1-2H3,(H,19,20)/t14-,16+/m0/s1. The molecule has 1 aromatic carbocycles. The summed E-state index contributed by atoms with van der Waals surface area (Å²) in [5.74, 6) is 0.386. The molecule has 1 fully saturated rings. The Labute approximate surface area is 127 Å². The number of nitrogens with two attached hydrogens (primary N) is 1. The predicted molar refractivity (Wildman–Crippen MR) is 84.9 cm³/mol. The third-order valence-electron chi connectivity index (χ3n) is 3.96. The van der Waals surface area contributed by atoms with Crippen LogP contribution in [0.1, 0.15) is 45.1 Å². The predicted octanol–water partition coefficient (Wildman–Crippen LogP) is 3.07. The minimum Gasteiger partial charge on any atom is -0.374 e. The van der Waals surface area contributed by atoms with Crippen LogP contribution in [0.3, 0.4) is 0 Å². The second kappa shape index (κ2) is 7.57. The van der Waals surface area contributed by atoms with E-state index in [1.807, 2.05) is 38.1 Å². The van der Waals surface area contributed by atoms with E-state index in [2.05, 4.69) is 5.32 Å². The van der Waals surface area contributed by atoms with Gasteiger partial charge >= 0.3 is 0 Å². The first-order valence-electron chi connectivity index (χ1n) is 7.80. The Morgan fingerprint density at radius 3 is 2.90 bits per heavy atom. The first-order valence-corrected chi connectivity index (χ1v) is 7.80. The molecule has 1 aromatic rings. The van der Waals surface area contributed by atoms with Crippen LogP contribution in [0.5, 0.6) is 0 Å². The van der Waals surface area contributed by atoms with Crippen LogP contribution in [0.2, 0.25) is 0 Å². The van der Waals surface area contributed by atoms with Crippen LogP contribution in [0.4, 0.5) is 5.69 Å². The average molecular weight is 290 g/mol. The molecular formula is C17H26N2O2. The number of hydrogen-bond donors (Lipinski definition) is 2. The van der Waals surface area contributed by atoms with Crippen molar-refractivity contribution in [1.82, 2.24) is 0 Å². The van der Waals surface area contributed by atoms with E-state index >= 15 is 0 Å². The van der Waals surface area contributed by atoms with Crippen LogP contribution >= 0.6 is 0 Å². The number of ether oxygens (including phenoxy) is 1. The number of rotatable bonds is 6. The fourth-order valence-corrected chi connectivity index (χ4v) is 2.77. The monoisotopic (exact) mass is 290 g/mol. The lowest BCUT2D eigenvalue weighted by molar-refractivity contribution is -0.117. The quantitative estimate of drug-likeness (QED) is 0.846. The van der Waals surface area contributed by atoms with Gasteiger partial charge in [-0.3, -0.25) is 4.79 Å². The highest BCUT2D eigenvalue weighted by molar-refractivity contribution is 5.91. The van der Waals surface area contributed by atoms with Crippen molar-refractivity contribution in [1.29, 1.82) is 0 Å². The highest BCUT2D eigenvalue weighted by atomic mass is 16.5. The minimum atomic E-state index is 0.0549. The SMILES string of the molecule is CC(C)OCc1cccc(NC(=O)C[C@@H]2CCC[C@H]2N)c1. The fourth-order valence-electron chi connectivity index (χ4n) is 2.77. The van der Waals surface area contributed by atoms with Crippen molar-refractivity contribution in [2.24, 2.45) is 11.7 Å². The van der Waals surface area contributed by atoms with Gasteiger partial charge < -0.3 is 15.8 Å². The van der Waals surface area contributed by atoms with Gasteiger partial charge in [-0.2, -0.15) is 0 Å².